The lowest BCUT2D eigenvalue weighted by Crippen LogP contribution is -2.17. The quantitative estimate of drug-likeness (QED) is 0.776. The van der Waals surface area contributed by atoms with Crippen LogP contribution in [0.1, 0.15) is 23.7 Å². The van der Waals surface area contributed by atoms with Gasteiger partial charge >= 0.3 is 0 Å². The first-order chi connectivity index (χ1) is 6.81. The lowest BCUT2D eigenvalue weighted by atomic mass is 9.95. The summed E-state index contributed by atoms with van der Waals surface area (Å²) in [7, 11) is 0. The molecule has 1 aromatic carbocycles. The Morgan fingerprint density at radius 1 is 1.50 bits per heavy atom. The molecule has 0 radical (unpaired) electrons. The maximum atomic E-state index is 5.72. The van der Waals surface area contributed by atoms with E-state index in [0.717, 1.165) is 19.6 Å². The highest BCUT2D eigenvalue weighted by atomic mass is 16.5. The largest absolute Gasteiger partial charge is 0.373 e. The first-order valence-electron chi connectivity index (χ1n) is 5.19. The monoisotopic (exact) mass is 191 g/mol. The van der Waals surface area contributed by atoms with Gasteiger partial charge in [0.15, 0.2) is 0 Å². The number of nitrogens with two attached hydrogens (primary N) is 1. The molecule has 0 aromatic heterocycles. The molecule has 76 valence electrons. The van der Waals surface area contributed by atoms with Gasteiger partial charge in [-0.05, 0) is 25.5 Å². The minimum absolute atomic E-state index is 0.222. The minimum atomic E-state index is 0.222. The molecule has 1 aliphatic heterocycles. The lowest BCUT2D eigenvalue weighted by molar-refractivity contribution is 0.0924. The van der Waals surface area contributed by atoms with Gasteiger partial charge in [-0.2, -0.15) is 0 Å². The van der Waals surface area contributed by atoms with Gasteiger partial charge in [0.2, 0.25) is 0 Å². The van der Waals surface area contributed by atoms with Crippen molar-refractivity contribution in [3.63, 3.8) is 0 Å². The predicted molar refractivity (Wildman–Crippen MR) is 57.0 cm³/mol. The third kappa shape index (κ3) is 1.81. The smallest absolute Gasteiger partial charge is 0.0866 e. The van der Waals surface area contributed by atoms with Gasteiger partial charge in [-0.25, -0.2) is 0 Å². The highest BCUT2D eigenvalue weighted by Crippen LogP contribution is 2.33. The summed E-state index contributed by atoms with van der Waals surface area (Å²) in [5.41, 5.74) is 8.28. The van der Waals surface area contributed by atoms with Crippen LogP contribution < -0.4 is 5.73 Å². The molecule has 0 spiro atoms. The fraction of sp³-hybridized carbons (Fsp3) is 0.500. The first kappa shape index (κ1) is 9.69. The minimum Gasteiger partial charge on any atom is -0.373 e. The number of ether oxygens (including phenoxy) is 1. The molecule has 1 saturated heterocycles. The molecule has 2 heteroatoms. The highest BCUT2D eigenvalue weighted by molar-refractivity contribution is 5.25. The molecule has 1 aliphatic rings. The van der Waals surface area contributed by atoms with E-state index in [4.69, 9.17) is 10.5 Å². The van der Waals surface area contributed by atoms with Gasteiger partial charge in [-0.15, -0.1) is 0 Å². The van der Waals surface area contributed by atoms with Crippen molar-refractivity contribution in [1.82, 2.24) is 0 Å². The molecule has 1 fully saturated rings. The molecule has 0 bridgehead atoms. The van der Waals surface area contributed by atoms with Crippen LogP contribution in [-0.4, -0.2) is 13.2 Å². The summed E-state index contributed by atoms with van der Waals surface area (Å²) in [6.07, 6.45) is 1.31. The van der Waals surface area contributed by atoms with E-state index in [9.17, 15) is 0 Å². The second-order valence-corrected chi connectivity index (χ2v) is 3.99. The van der Waals surface area contributed by atoms with Crippen molar-refractivity contribution >= 4 is 0 Å². The van der Waals surface area contributed by atoms with Gasteiger partial charge in [-0.1, -0.05) is 29.8 Å². The van der Waals surface area contributed by atoms with Crippen molar-refractivity contribution in [3.8, 4) is 0 Å². The molecule has 2 N–H and O–H groups in total. The zero-order valence-corrected chi connectivity index (χ0v) is 8.57. The van der Waals surface area contributed by atoms with E-state index in [2.05, 4.69) is 31.2 Å². The molecular formula is C12H17NO. The Bertz CT molecular complexity index is 311. The van der Waals surface area contributed by atoms with E-state index in [1.807, 2.05) is 0 Å². The summed E-state index contributed by atoms with van der Waals surface area (Å²) in [4.78, 5) is 0. The first-order valence-corrected chi connectivity index (χ1v) is 5.19. The Morgan fingerprint density at radius 3 is 3.07 bits per heavy atom. The van der Waals surface area contributed by atoms with Crippen molar-refractivity contribution in [3.05, 3.63) is 35.4 Å². The van der Waals surface area contributed by atoms with Crippen LogP contribution in [0.15, 0.2) is 24.3 Å². The maximum absolute atomic E-state index is 5.72. The van der Waals surface area contributed by atoms with Crippen molar-refractivity contribution in [2.24, 2.45) is 11.7 Å². The van der Waals surface area contributed by atoms with E-state index < -0.39 is 0 Å². The van der Waals surface area contributed by atoms with E-state index >= 15 is 0 Å². The second-order valence-electron chi connectivity index (χ2n) is 3.99. The number of benzene rings is 1. The summed E-state index contributed by atoms with van der Waals surface area (Å²) < 4.78 is 5.72. The summed E-state index contributed by atoms with van der Waals surface area (Å²) in [5, 5.41) is 0. The zero-order chi connectivity index (χ0) is 9.97. The topological polar surface area (TPSA) is 35.2 Å². The zero-order valence-electron chi connectivity index (χ0n) is 8.57. The maximum Gasteiger partial charge on any atom is 0.0866 e. The number of rotatable bonds is 2. The Balaban J connectivity index is 2.21. The summed E-state index contributed by atoms with van der Waals surface area (Å²) in [6.45, 7) is 3.68. The van der Waals surface area contributed by atoms with Crippen molar-refractivity contribution in [2.45, 2.75) is 19.4 Å². The van der Waals surface area contributed by atoms with Crippen LogP contribution in [0.4, 0.5) is 0 Å². The normalized spacial score (nSPS) is 26.7. The van der Waals surface area contributed by atoms with Crippen LogP contribution in [0.3, 0.4) is 0 Å². The van der Waals surface area contributed by atoms with Gasteiger partial charge in [-0.3, -0.25) is 0 Å². The average molecular weight is 191 g/mol. The lowest BCUT2D eigenvalue weighted by Gasteiger charge is -2.17. The van der Waals surface area contributed by atoms with Gasteiger partial charge in [0.25, 0.3) is 0 Å². The van der Waals surface area contributed by atoms with Gasteiger partial charge < -0.3 is 10.5 Å². The molecule has 14 heavy (non-hydrogen) atoms. The van der Waals surface area contributed by atoms with Crippen LogP contribution in [-0.2, 0) is 4.74 Å². The fourth-order valence-corrected chi connectivity index (χ4v) is 2.09. The van der Waals surface area contributed by atoms with Crippen LogP contribution in [0.25, 0.3) is 0 Å². The van der Waals surface area contributed by atoms with Gasteiger partial charge in [0.1, 0.15) is 0 Å². The third-order valence-electron chi connectivity index (χ3n) is 2.89. The number of aryl methyl sites for hydroxylation is 1. The van der Waals surface area contributed by atoms with Gasteiger partial charge in [0.05, 0.1) is 6.10 Å². The van der Waals surface area contributed by atoms with E-state index in [0.29, 0.717) is 5.92 Å². The highest BCUT2D eigenvalue weighted by Gasteiger charge is 2.28. The Morgan fingerprint density at radius 2 is 2.36 bits per heavy atom. The molecular weight excluding hydrogens is 174 g/mol. The molecule has 2 rings (SSSR count). The van der Waals surface area contributed by atoms with Crippen molar-refractivity contribution < 1.29 is 4.74 Å². The van der Waals surface area contributed by atoms with E-state index in [1.54, 1.807) is 0 Å². The molecule has 2 unspecified atom stereocenters. The molecule has 1 aromatic rings. The SMILES string of the molecule is Cc1cccc(C2OCCC2CN)c1. The molecule has 1 heterocycles. The summed E-state index contributed by atoms with van der Waals surface area (Å²) in [6, 6.07) is 8.51. The summed E-state index contributed by atoms with van der Waals surface area (Å²) >= 11 is 0. The summed E-state index contributed by atoms with van der Waals surface area (Å²) in [5.74, 6) is 0.497. The molecule has 2 nitrogen and oxygen atoms in total. The molecule has 0 saturated carbocycles. The van der Waals surface area contributed by atoms with Gasteiger partial charge in [0, 0.05) is 12.5 Å². The van der Waals surface area contributed by atoms with Crippen molar-refractivity contribution in [2.75, 3.05) is 13.2 Å². The van der Waals surface area contributed by atoms with Crippen LogP contribution in [0, 0.1) is 12.8 Å². The van der Waals surface area contributed by atoms with Crippen LogP contribution in [0.2, 0.25) is 0 Å². The number of hydrogen-bond donors (Lipinski definition) is 1. The van der Waals surface area contributed by atoms with Crippen molar-refractivity contribution in [1.29, 1.82) is 0 Å². The molecule has 2 atom stereocenters. The molecule has 0 amide bonds. The average Bonchev–Trinajstić information content (AvgIpc) is 2.65. The fourth-order valence-electron chi connectivity index (χ4n) is 2.09. The Kier molecular flexibility index (Phi) is 2.85. The second kappa shape index (κ2) is 4.11. The molecule has 0 aliphatic carbocycles. The standard InChI is InChI=1S/C12H17NO/c1-9-3-2-4-10(7-9)12-11(8-13)5-6-14-12/h2-4,7,11-12H,5-6,8,13H2,1H3. The van der Waals surface area contributed by atoms with Crippen LogP contribution >= 0.6 is 0 Å². The van der Waals surface area contributed by atoms with E-state index in [-0.39, 0.29) is 6.10 Å². The number of hydrogen-bond acceptors (Lipinski definition) is 2. The Labute approximate surface area is 85.1 Å². The Hall–Kier alpha value is -0.860. The predicted octanol–water partition coefficient (Wildman–Crippen LogP) is 2.03. The third-order valence-corrected chi connectivity index (χ3v) is 2.89. The van der Waals surface area contributed by atoms with E-state index in [1.165, 1.54) is 11.1 Å². The van der Waals surface area contributed by atoms with Crippen LogP contribution in [0.5, 0.6) is 0 Å².